The Kier molecular flexibility index (Phi) is 4.02. The number of thioether (sulfide) groups is 1. The maximum Gasteiger partial charge on any atom is 0.266 e. The summed E-state index contributed by atoms with van der Waals surface area (Å²) in [5.74, 6) is 4.24. The number of thiocarbonyl (C=S) groups is 1. The van der Waals surface area contributed by atoms with E-state index in [0.29, 0.717) is 39.1 Å². The van der Waals surface area contributed by atoms with Crippen molar-refractivity contribution in [2.24, 2.45) is 5.92 Å². The molecule has 2 aliphatic heterocycles. The zero-order chi connectivity index (χ0) is 18.5. The fourth-order valence-electron chi connectivity index (χ4n) is 3.35. The molecule has 2 atom stereocenters. The Balaban J connectivity index is 1.33. The van der Waals surface area contributed by atoms with Gasteiger partial charge in [0.1, 0.15) is 15.8 Å². The van der Waals surface area contributed by atoms with Crippen LogP contribution in [0.3, 0.4) is 0 Å². The lowest BCUT2D eigenvalue weighted by molar-refractivity contribution is -0.122. The molecule has 5 rings (SSSR count). The molecule has 0 radical (unpaired) electrons. The zero-order valence-electron chi connectivity index (χ0n) is 14.6. The Morgan fingerprint density at radius 1 is 1.26 bits per heavy atom. The molecule has 1 amide bonds. The van der Waals surface area contributed by atoms with Gasteiger partial charge in [0.05, 0.1) is 11.4 Å². The van der Waals surface area contributed by atoms with Gasteiger partial charge in [-0.05, 0) is 42.2 Å². The maximum atomic E-state index is 12.8. The SMILES string of the molecule is CC1CC1c1ccc(C=C2SC(=S)N(Cc3ccc4c(c3)OCO4)C2=O)o1. The van der Waals surface area contributed by atoms with E-state index in [1.165, 1.54) is 18.2 Å². The highest BCUT2D eigenvalue weighted by molar-refractivity contribution is 8.26. The van der Waals surface area contributed by atoms with Gasteiger partial charge in [-0.3, -0.25) is 9.69 Å². The standard InChI is InChI=1S/C20H17NO4S2/c1-11-6-14(11)15-5-3-13(25-15)8-18-19(22)21(20(26)27-18)9-12-2-4-16-17(7-12)24-10-23-16/h2-5,7-8,11,14H,6,9-10H2,1H3. The largest absolute Gasteiger partial charge is 0.461 e. The minimum Gasteiger partial charge on any atom is -0.461 e. The quantitative estimate of drug-likeness (QED) is 0.556. The maximum absolute atomic E-state index is 12.8. The number of hydrogen-bond acceptors (Lipinski definition) is 6. The molecule has 1 aromatic heterocycles. The van der Waals surface area contributed by atoms with Crippen LogP contribution in [0.25, 0.3) is 6.08 Å². The first-order chi connectivity index (χ1) is 13.1. The molecule has 2 fully saturated rings. The van der Waals surface area contributed by atoms with Gasteiger partial charge >= 0.3 is 0 Å². The van der Waals surface area contributed by atoms with Gasteiger partial charge < -0.3 is 13.9 Å². The summed E-state index contributed by atoms with van der Waals surface area (Å²) in [6.45, 7) is 2.85. The number of furan rings is 1. The minimum absolute atomic E-state index is 0.0968. The van der Waals surface area contributed by atoms with Crippen molar-refractivity contribution in [1.82, 2.24) is 4.90 Å². The molecule has 1 saturated heterocycles. The Morgan fingerprint density at radius 2 is 2.07 bits per heavy atom. The molecular formula is C20H17NO4S2. The molecule has 2 unspecified atom stereocenters. The van der Waals surface area contributed by atoms with Gasteiger partial charge in [-0.15, -0.1) is 0 Å². The second-order valence-corrected chi connectivity index (χ2v) is 8.69. The van der Waals surface area contributed by atoms with E-state index in [1.54, 1.807) is 11.0 Å². The first-order valence-electron chi connectivity index (χ1n) is 8.82. The van der Waals surface area contributed by atoms with Crippen LogP contribution in [-0.4, -0.2) is 21.9 Å². The van der Waals surface area contributed by atoms with Crippen LogP contribution in [0.1, 0.15) is 36.3 Å². The first-order valence-corrected chi connectivity index (χ1v) is 10.0. The molecule has 0 spiro atoms. The predicted molar refractivity (Wildman–Crippen MR) is 107 cm³/mol. The van der Waals surface area contributed by atoms with Crippen molar-refractivity contribution >= 4 is 40.3 Å². The zero-order valence-corrected chi connectivity index (χ0v) is 16.3. The lowest BCUT2D eigenvalue weighted by Crippen LogP contribution is -2.27. The summed E-state index contributed by atoms with van der Waals surface area (Å²) < 4.78 is 17.2. The van der Waals surface area contributed by atoms with E-state index in [1.807, 2.05) is 30.3 Å². The molecule has 0 bridgehead atoms. The number of benzene rings is 1. The molecule has 1 aliphatic carbocycles. The Labute approximate surface area is 166 Å². The molecule has 2 aromatic rings. The van der Waals surface area contributed by atoms with Crippen LogP contribution in [0.15, 0.2) is 39.7 Å². The summed E-state index contributed by atoms with van der Waals surface area (Å²) in [6.07, 6.45) is 2.96. The molecule has 3 aliphatic rings. The lowest BCUT2D eigenvalue weighted by atomic mass is 10.2. The van der Waals surface area contributed by atoms with E-state index < -0.39 is 0 Å². The molecule has 138 valence electrons. The van der Waals surface area contributed by atoms with Crippen LogP contribution < -0.4 is 9.47 Å². The van der Waals surface area contributed by atoms with Crippen LogP contribution in [-0.2, 0) is 11.3 Å². The van der Waals surface area contributed by atoms with Crippen LogP contribution in [0.4, 0.5) is 0 Å². The Morgan fingerprint density at radius 3 is 2.89 bits per heavy atom. The van der Waals surface area contributed by atoms with Gasteiger partial charge in [0.15, 0.2) is 11.5 Å². The number of rotatable bonds is 4. The number of carbonyl (C=O) groups excluding carboxylic acids is 1. The third-order valence-corrected chi connectivity index (χ3v) is 6.42. The van der Waals surface area contributed by atoms with Crippen molar-refractivity contribution in [2.45, 2.75) is 25.8 Å². The average Bonchev–Trinajstić information content (AvgIpc) is 3.03. The van der Waals surface area contributed by atoms with Crippen molar-refractivity contribution < 1.29 is 18.7 Å². The predicted octanol–water partition coefficient (Wildman–Crippen LogP) is 4.53. The summed E-state index contributed by atoms with van der Waals surface area (Å²) in [5, 5.41) is 0. The van der Waals surface area contributed by atoms with E-state index in [2.05, 4.69) is 6.92 Å². The number of ether oxygens (including phenoxy) is 2. The smallest absolute Gasteiger partial charge is 0.266 e. The van der Waals surface area contributed by atoms with Gasteiger partial charge in [0.25, 0.3) is 5.91 Å². The summed E-state index contributed by atoms with van der Waals surface area (Å²) in [4.78, 5) is 15.0. The molecule has 0 N–H and O–H groups in total. The van der Waals surface area contributed by atoms with Crippen molar-refractivity contribution in [2.75, 3.05) is 6.79 Å². The van der Waals surface area contributed by atoms with Crippen molar-refractivity contribution in [1.29, 1.82) is 0 Å². The number of nitrogens with zero attached hydrogens (tertiary/aromatic N) is 1. The number of fused-ring (bicyclic) bond motifs is 1. The van der Waals surface area contributed by atoms with Crippen molar-refractivity contribution in [3.63, 3.8) is 0 Å². The highest BCUT2D eigenvalue weighted by Crippen LogP contribution is 2.47. The summed E-state index contributed by atoms with van der Waals surface area (Å²) in [5.41, 5.74) is 0.944. The second kappa shape index (κ2) is 6.42. The highest BCUT2D eigenvalue weighted by Gasteiger charge is 2.37. The van der Waals surface area contributed by atoms with Crippen LogP contribution in [0, 0.1) is 5.92 Å². The number of carbonyl (C=O) groups is 1. The van der Waals surface area contributed by atoms with E-state index in [0.717, 1.165) is 17.1 Å². The third kappa shape index (κ3) is 3.15. The van der Waals surface area contributed by atoms with Gasteiger partial charge in [-0.1, -0.05) is 37.0 Å². The minimum atomic E-state index is -0.0968. The van der Waals surface area contributed by atoms with Gasteiger partial charge in [0.2, 0.25) is 6.79 Å². The second-order valence-electron chi connectivity index (χ2n) is 7.02. The van der Waals surface area contributed by atoms with E-state index >= 15 is 0 Å². The van der Waals surface area contributed by atoms with Crippen LogP contribution in [0.2, 0.25) is 0 Å². The van der Waals surface area contributed by atoms with Gasteiger partial charge in [0, 0.05) is 12.0 Å². The molecule has 7 heteroatoms. The number of hydrogen-bond donors (Lipinski definition) is 0. The summed E-state index contributed by atoms with van der Waals surface area (Å²) in [6, 6.07) is 9.60. The fraction of sp³-hybridized carbons (Fsp3) is 0.300. The van der Waals surface area contributed by atoms with Crippen LogP contribution in [0.5, 0.6) is 11.5 Å². The van der Waals surface area contributed by atoms with Crippen molar-refractivity contribution in [3.05, 3.63) is 52.3 Å². The molecule has 1 saturated carbocycles. The van der Waals surface area contributed by atoms with Gasteiger partial charge in [-0.2, -0.15) is 0 Å². The molecule has 27 heavy (non-hydrogen) atoms. The lowest BCUT2D eigenvalue weighted by Gasteiger charge is -2.14. The summed E-state index contributed by atoms with van der Waals surface area (Å²) >= 11 is 6.73. The molecule has 1 aromatic carbocycles. The van der Waals surface area contributed by atoms with E-state index in [4.69, 9.17) is 26.1 Å². The Bertz CT molecular complexity index is 980. The topological polar surface area (TPSA) is 51.9 Å². The molecule has 5 nitrogen and oxygen atoms in total. The van der Waals surface area contributed by atoms with Gasteiger partial charge in [-0.25, -0.2) is 0 Å². The molecular weight excluding hydrogens is 382 g/mol. The summed E-state index contributed by atoms with van der Waals surface area (Å²) in [7, 11) is 0. The monoisotopic (exact) mass is 399 g/mol. The average molecular weight is 399 g/mol. The number of amides is 1. The highest BCUT2D eigenvalue weighted by atomic mass is 32.2. The first kappa shape index (κ1) is 16.9. The van der Waals surface area contributed by atoms with E-state index in [-0.39, 0.29) is 12.7 Å². The Hall–Kier alpha value is -2.25. The van der Waals surface area contributed by atoms with Crippen LogP contribution >= 0.6 is 24.0 Å². The van der Waals surface area contributed by atoms with E-state index in [9.17, 15) is 4.79 Å². The fourth-order valence-corrected chi connectivity index (χ4v) is 4.59. The third-order valence-electron chi connectivity index (χ3n) is 5.05. The molecule has 3 heterocycles. The van der Waals surface area contributed by atoms with Crippen molar-refractivity contribution in [3.8, 4) is 11.5 Å². The normalized spacial score (nSPS) is 24.9.